The molecule has 0 heterocycles. The van der Waals surface area contributed by atoms with Gasteiger partial charge in [0.2, 0.25) is 11.8 Å². The van der Waals surface area contributed by atoms with Crippen LogP contribution in [0.5, 0.6) is 0 Å². The van der Waals surface area contributed by atoms with Gasteiger partial charge >= 0.3 is 0 Å². The lowest BCUT2D eigenvalue weighted by atomic mass is 10.2. The molecule has 0 saturated heterocycles. The lowest BCUT2D eigenvalue weighted by Gasteiger charge is -2.21. The smallest absolute Gasteiger partial charge is 0.269 e. The fourth-order valence-corrected chi connectivity index (χ4v) is 2.31. The summed E-state index contributed by atoms with van der Waals surface area (Å²) >= 11 is 0. The molecule has 0 fully saturated rings. The van der Waals surface area contributed by atoms with Crippen molar-refractivity contribution in [3.8, 4) is 0 Å². The molecule has 0 radical (unpaired) electrons. The van der Waals surface area contributed by atoms with Crippen LogP contribution in [0.25, 0.3) is 0 Å². The van der Waals surface area contributed by atoms with E-state index in [2.05, 4.69) is 10.6 Å². The highest BCUT2D eigenvalue weighted by Gasteiger charge is 2.15. The minimum Gasteiger partial charge on any atom is -0.350 e. The molecule has 28 heavy (non-hydrogen) atoms. The van der Waals surface area contributed by atoms with Crippen molar-refractivity contribution in [3.05, 3.63) is 75.8 Å². The summed E-state index contributed by atoms with van der Waals surface area (Å²) in [5.41, 5.74) is 1.01. The molecular formula is C19H20N4O5. The highest BCUT2D eigenvalue weighted by atomic mass is 16.6. The first-order valence-corrected chi connectivity index (χ1v) is 8.45. The zero-order chi connectivity index (χ0) is 20.5. The molecule has 9 heteroatoms. The van der Waals surface area contributed by atoms with E-state index in [0.717, 1.165) is 5.56 Å². The molecule has 0 aliphatic carbocycles. The Bertz CT molecular complexity index is 852. The van der Waals surface area contributed by atoms with Gasteiger partial charge in [0.15, 0.2) is 0 Å². The number of carbonyl (C=O) groups excluding carboxylic acids is 3. The van der Waals surface area contributed by atoms with Gasteiger partial charge in [-0.3, -0.25) is 24.5 Å². The molecule has 0 spiro atoms. The van der Waals surface area contributed by atoms with Gasteiger partial charge in [0.1, 0.15) is 6.54 Å². The van der Waals surface area contributed by atoms with Crippen molar-refractivity contribution < 1.29 is 19.3 Å². The summed E-state index contributed by atoms with van der Waals surface area (Å²) in [6.07, 6.45) is 0. The summed E-state index contributed by atoms with van der Waals surface area (Å²) in [7, 11) is 0. The number of amides is 3. The van der Waals surface area contributed by atoms with Crippen LogP contribution in [-0.2, 0) is 16.1 Å². The number of carbonyl (C=O) groups is 3. The Morgan fingerprint density at radius 2 is 1.64 bits per heavy atom. The Kier molecular flexibility index (Phi) is 7.21. The van der Waals surface area contributed by atoms with Crippen molar-refractivity contribution in [2.75, 3.05) is 13.2 Å². The zero-order valence-corrected chi connectivity index (χ0v) is 15.3. The Morgan fingerprint density at radius 1 is 1.00 bits per heavy atom. The van der Waals surface area contributed by atoms with Crippen LogP contribution in [0.3, 0.4) is 0 Å². The third kappa shape index (κ3) is 6.20. The highest BCUT2D eigenvalue weighted by molar-refractivity contribution is 5.94. The van der Waals surface area contributed by atoms with Crippen molar-refractivity contribution in [1.82, 2.24) is 15.5 Å². The predicted octanol–water partition coefficient (Wildman–Crippen LogP) is 1.45. The number of nitrogens with zero attached hydrogens (tertiary/aromatic N) is 2. The third-order valence-corrected chi connectivity index (χ3v) is 3.88. The van der Waals surface area contributed by atoms with E-state index in [1.54, 1.807) is 0 Å². The number of rotatable bonds is 8. The van der Waals surface area contributed by atoms with Crippen molar-refractivity contribution in [1.29, 1.82) is 0 Å². The quantitative estimate of drug-likeness (QED) is 0.405. The summed E-state index contributed by atoms with van der Waals surface area (Å²) in [6.45, 7) is 1.26. The standard InChI is InChI=1S/C19H20N4O5/c1-14(24)22(12-18(25)20-11-15-5-3-2-4-6-15)13-21-19(26)16-7-9-17(10-8-16)23(27)28/h2-10H,11-13H2,1H3,(H,20,25)(H,21,26). The van der Waals surface area contributed by atoms with Gasteiger partial charge in [-0.25, -0.2) is 0 Å². The van der Waals surface area contributed by atoms with Crippen LogP contribution in [-0.4, -0.2) is 40.8 Å². The molecule has 0 bridgehead atoms. The first-order valence-electron chi connectivity index (χ1n) is 8.45. The van der Waals surface area contributed by atoms with Gasteiger partial charge in [0.25, 0.3) is 11.6 Å². The normalized spacial score (nSPS) is 10.0. The molecule has 0 aliphatic heterocycles. The predicted molar refractivity (Wildman–Crippen MR) is 101 cm³/mol. The Hall–Kier alpha value is -3.75. The summed E-state index contributed by atoms with van der Waals surface area (Å²) in [4.78, 5) is 47.2. The SMILES string of the molecule is CC(=O)N(CNC(=O)c1ccc([N+](=O)[O-])cc1)CC(=O)NCc1ccccc1. The lowest BCUT2D eigenvalue weighted by molar-refractivity contribution is -0.384. The fourth-order valence-electron chi connectivity index (χ4n) is 2.31. The van der Waals surface area contributed by atoms with Crippen LogP contribution in [0.1, 0.15) is 22.8 Å². The van der Waals surface area contributed by atoms with Gasteiger partial charge < -0.3 is 15.5 Å². The van der Waals surface area contributed by atoms with E-state index in [4.69, 9.17) is 0 Å². The molecule has 2 N–H and O–H groups in total. The average Bonchev–Trinajstić information content (AvgIpc) is 2.70. The molecule has 2 aromatic rings. The topological polar surface area (TPSA) is 122 Å². The Labute approximate surface area is 161 Å². The van der Waals surface area contributed by atoms with Crippen molar-refractivity contribution >= 4 is 23.4 Å². The van der Waals surface area contributed by atoms with Crippen LogP contribution in [0, 0.1) is 10.1 Å². The van der Waals surface area contributed by atoms with Gasteiger partial charge in [-0.1, -0.05) is 30.3 Å². The maximum Gasteiger partial charge on any atom is 0.269 e. The molecule has 3 amide bonds. The maximum atomic E-state index is 12.1. The maximum absolute atomic E-state index is 12.1. The third-order valence-electron chi connectivity index (χ3n) is 3.88. The second-order valence-corrected chi connectivity index (χ2v) is 5.95. The Balaban J connectivity index is 1.86. The molecule has 0 aliphatic rings. The first-order chi connectivity index (χ1) is 13.4. The largest absolute Gasteiger partial charge is 0.350 e. The van der Waals surface area contributed by atoms with E-state index >= 15 is 0 Å². The summed E-state index contributed by atoms with van der Waals surface area (Å²) < 4.78 is 0. The van der Waals surface area contributed by atoms with Crippen molar-refractivity contribution in [2.24, 2.45) is 0 Å². The number of nitrogens with one attached hydrogen (secondary N) is 2. The van der Waals surface area contributed by atoms with Crippen LogP contribution in [0.4, 0.5) is 5.69 Å². The minimum atomic E-state index is -0.562. The summed E-state index contributed by atoms with van der Waals surface area (Å²) in [5.74, 6) is -1.24. The van der Waals surface area contributed by atoms with Crippen molar-refractivity contribution in [3.63, 3.8) is 0 Å². The molecule has 2 aromatic carbocycles. The average molecular weight is 384 g/mol. The van der Waals surface area contributed by atoms with E-state index in [9.17, 15) is 24.5 Å². The second-order valence-electron chi connectivity index (χ2n) is 5.95. The highest BCUT2D eigenvalue weighted by Crippen LogP contribution is 2.11. The first kappa shape index (κ1) is 20.6. The van der Waals surface area contributed by atoms with Crippen LogP contribution in [0.2, 0.25) is 0 Å². The van der Waals surface area contributed by atoms with E-state index in [0.29, 0.717) is 6.54 Å². The molecule has 0 unspecified atom stereocenters. The van der Waals surface area contributed by atoms with Gasteiger partial charge in [0, 0.05) is 31.2 Å². The lowest BCUT2D eigenvalue weighted by Crippen LogP contribution is -2.45. The number of non-ortho nitro benzene ring substituents is 1. The molecule has 0 saturated carbocycles. The molecule has 0 aromatic heterocycles. The van der Waals surface area contributed by atoms with E-state index in [1.165, 1.54) is 36.1 Å². The summed E-state index contributed by atoms with van der Waals surface area (Å²) in [5, 5.41) is 15.9. The molecule has 9 nitrogen and oxygen atoms in total. The van der Waals surface area contributed by atoms with Gasteiger partial charge in [0.05, 0.1) is 11.6 Å². The van der Waals surface area contributed by atoms with Gasteiger partial charge in [-0.2, -0.15) is 0 Å². The monoisotopic (exact) mass is 384 g/mol. The van der Waals surface area contributed by atoms with E-state index in [-0.39, 0.29) is 36.3 Å². The molecule has 2 rings (SSSR count). The number of nitro groups is 1. The number of hydrogen-bond acceptors (Lipinski definition) is 5. The number of nitro benzene ring substituents is 1. The molecular weight excluding hydrogens is 364 g/mol. The second kappa shape index (κ2) is 9.81. The number of benzene rings is 2. The van der Waals surface area contributed by atoms with Crippen LogP contribution >= 0.6 is 0 Å². The van der Waals surface area contributed by atoms with Gasteiger partial charge in [-0.05, 0) is 17.7 Å². The van der Waals surface area contributed by atoms with Gasteiger partial charge in [-0.15, -0.1) is 0 Å². The minimum absolute atomic E-state index is 0.128. The Morgan fingerprint density at radius 3 is 2.21 bits per heavy atom. The van der Waals surface area contributed by atoms with E-state index in [1.807, 2.05) is 30.3 Å². The van der Waals surface area contributed by atoms with Crippen LogP contribution in [0.15, 0.2) is 54.6 Å². The molecule has 146 valence electrons. The molecule has 0 atom stereocenters. The van der Waals surface area contributed by atoms with Crippen LogP contribution < -0.4 is 10.6 Å². The number of hydrogen-bond donors (Lipinski definition) is 2. The van der Waals surface area contributed by atoms with Crippen molar-refractivity contribution in [2.45, 2.75) is 13.5 Å². The summed E-state index contributed by atoms with van der Waals surface area (Å²) in [6, 6.07) is 14.4. The van der Waals surface area contributed by atoms with E-state index < -0.39 is 10.8 Å². The zero-order valence-electron chi connectivity index (χ0n) is 15.3. The fraction of sp³-hybridized carbons (Fsp3) is 0.211.